The Bertz CT molecular complexity index is 667. The minimum absolute atomic E-state index is 0.633. The summed E-state index contributed by atoms with van der Waals surface area (Å²) in [5.41, 5.74) is 7.93. The molecule has 0 aliphatic heterocycles. The average molecular weight is 296 g/mol. The second-order valence-electron chi connectivity index (χ2n) is 3.81. The van der Waals surface area contributed by atoms with E-state index in [1.807, 2.05) is 12.3 Å². The topological polar surface area (TPSA) is 56.2 Å². The Labute approximate surface area is 117 Å². The van der Waals surface area contributed by atoms with Crippen LogP contribution in [0.15, 0.2) is 26.3 Å². The summed E-state index contributed by atoms with van der Waals surface area (Å²) in [4.78, 5) is 10.1. The number of aryl methyl sites for hydroxylation is 1. The summed E-state index contributed by atoms with van der Waals surface area (Å²) in [6.45, 7) is 2.64. The monoisotopic (exact) mass is 296 g/mol. The molecule has 0 fully saturated rings. The highest BCUT2D eigenvalue weighted by Crippen LogP contribution is 2.33. The van der Waals surface area contributed by atoms with E-state index in [9.17, 15) is 0 Å². The highest BCUT2D eigenvalue weighted by molar-refractivity contribution is 8.01. The molecule has 7 heteroatoms. The smallest absolute Gasteiger partial charge is 0.194 e. The molecular formula is C11H12N4S3. The fourth-order valence-corrected chi connectivity index (χ4v) is 4.41. The first-order chi connectivity index (χ1) is 8.78. The van der Waals surface area contributed by atoms with Crippen molar-refractivity contribution in [2.45, 2.75) is 22.7 Å². The fourth-order valence-electron chi connectivity index (χ4n) is 1.72. The lowest BCUT2D eigenvalue weighted by atomic mass is 10.3. The van der Waals surface area contributed by atoms with Gasteiger partial charge >= 0.3 is 0 Å². The van der Waals surface area contributed by atoms with Gasteiger partial charge in [0.25, 0.3) is 0 Å². The Balaban J connectivity index is 1.99. The number of hydrogen-bond donors (Lipinski definition) is 1. The summed E-state index contributed by atoms with van der Waals surface area (Å²) in [6, 6.07) is 0. The van der Waals surface area contributed by atoms with E-state index in [1.165, 1.54) is 5.69 Å². The van der Waals surface area contributed by atoms with Gasteiger partial charge in [0.15, 0.2) is 9.30 Å². The van der Waals surface area contributed by atoms with Crippen LogP contribution in [0.2, 0.25) is 0 Å². The summed E-state index contributed by atoms with van der Waals surface area (Å²) >= 11 is 4.94. The molecule has 3 aromatic heterocycles. The summed E-state index contributed by atoms with van der Waals surface area (Å²) in [7, 11) is 0. The number of rotatable bonds is 4. The molecular weight excluding hydrogens is 284 g/mol. The van der Waals surface area contributed by atoms with E-state index in [0.29, 0.717) is 6.54 Å². The highest BCUT2D eigenvalue weighted by atomic mass is 32.2. The van der Waals surface area contributed by atoms with E-state index in [2.05, 4.69) is 25.9 Å². The van der Waals surface area contributed by atoms with Gasteiger partial charge in [-0.15, -0.1) is 22.7 Å². The Hall–Kier alpha value is -0.890. The number of thiazole rings is 2. The summed E-state index contributed by atoms with van der Waals surface area (Å²) < 4.78 is 3.16. The molecule has 2 N–H and O–H groups in total. The van der Waals surface area contributed by atoms with Gasteiger partial charge in [0.2, 0.25) is 0 Å². The third-order valence-electron chi connectivity index (χ3n) is 2.49. The zero-order chi connectivity index (χ0) is 12.5. The van der Waals surface area contributed by atoms with Gasteiger partial charge in [-0.25, -0.2) is 9.97 Å². The van der Waals surface area contributed by atoms with Gasteiger partial charge in [-0.3, -0.25) is 4.40 Å². The number of hydrogen-bond acceptors (Lipinski definition) is 6. The van der Waals surface area contributed by atoms with Crippen LogP contribution in [-0.2, 0) is 6.42 Å². The predicted molar refractivity (Wildman–Crippen MR) is 76.8 cm³/mol. The molecule has 0 radical (unpaired) electrons. The molecule has 0 unspecified atom stereocenters. The van der Waals surface area contributed by atoms with Crippen molar-refractivity contribution in [3.05, 3.63) is 28.3 Å². The molecule has 3 aromatic rings. The molecule has 0 spiro atoms. The van der Waals surface area contributed by atoms with Gasteiger partial charge < -0.3 is 5.73 Å². The first kappa shape index (κ1) is 12.2. The zero-order valence-electron chi connectivity index (χ0n) is 9.79. The predicted octanol–water partition coefficient (Wildman–Crippen LogP) is 2.81. The Morgan fingerprint density at radius 1 is 1.39 bits per heavy atom. The Kier molecular flexibility index (Phi) is 3.38. The molecule has 0 saturated heterocycles. The maximum atomic E-state index is 5.69. The lowest BCUT2D eigenvalue weighted by Crippen LogP contribution is -2.05. The maximum Gasteiger partial charge on any atom is 0.194 e. The fraction of sp³-hybridized carbons (Fsp3) is 0.273. The molecule has 94 valence electrons. The van der Waals surface area contributed by atoms with Gasteiger partial charge in [-0.2, -0.15) is 0 Å². The summed E-state index contributed by atoms with van der Waals surface area (Å²) in [5, 5.41) is 5.13. The van der Waals surface area contributed by atoms with Crippen LogP contribution < -0.4 is 5.73 Å². The molecule has 0 bridgehead atoms. The van der Waals surface area contributed by atoms with Crippen LogP contribution in [0.1, 0.15) is 11.4 Å². The SMILES string of the molecule is Cc1csc(Sc2nc3sccn3c2CCN)n1. The molecule has 0 amide bonds. The van der Waals surface area contributed by atoms with E-state index in [4.69, 9.17) is 5.73 Å². The number of nitrogens with zero attached hydrogens (tertiary/aromatic N) is 3. The van der Waals surface area contributed by atoms with E-state index in [1.54, 1.807) is 34.4 Å². The number of fused-ring (bicyclic) bond motifs is 1. The summed E-state index contributed by atoms with van der Waals surface area (Å²) in [6.07, 6.45) is 2.89. The minimum atomic E-state index is 0.633. The molecule has 0 saturated carbocycles. The molecule has 3 heterocycles. The van der Waals surface area contributed by atoms with Gasteiger partial charge in [0.05, 0.1) is 5.69 Å². The van der Waals surface area contributed by atoms with Crippen LogP contribution in [0, 0.1) is 6.92 Å². The molecule has 0 aromatic carbocycles. The second kappa shape index (κ2) is 5.00. The lowest BCUT2D eigenvalue weighted by molar-refractivity contribution is 0.878. The average Bonchev–Trinajstić information content (AvgIpc) is 3.00. The highest BCUT2D eigenvalue weighted by Gasteiger charge is 2.14. The van der Waals surface area contributed by atoms with Crippen LogP contribution in [0.4, 0.5) is 0 Å². The van der Waals surface area contributed by atoms with Crippen molar-refractivity contribution in [1.29, 1.82) is 0 Å². The van der Waals surface area contributed by atoms with Crippen LogP contribution >= 0.6 is 34.4 Å². The lowest BCUT2D eigenvalue weighted by Gasteiger charge is -1.99. The Morgan fingerprint density at radius 3 is 3.00 bits per heavy atom. The molecule has 18 heavy (non-hydrogen) atoms. The summed E-state index contributed by atoms with van der Waals surface area (Å²) in [5.74, 6) is 0. The normalized spacial score (nSPS) is 11.4. The second-order valence-corrected chi connectivity index (χ2v) is 6.78. The van der Waals surface area contributed by atoms with Gasteiger partial charge in [0.1, 0.15) is 5.03 Å². The maximum absolute atomic E-state index is 5.69. The molecule has 4 nitrogen and oxygen atoms in total. The van der Waals surface area contributed by atoms with Crippen molar-refractivity contribution in [2.24, 2.45) is 5.73 Å². The van der Waals surface area contributed by atoms with Crippen molar-refractivity contribution in [3.63, 3.8) is 0 Å². The van der Waals surface area contributed by atoms with Crippen LogP contribution in [0.3, 0.4) is 0 Å². The van der Waals surface area contributed by atoms with E-state index < -0.39 is 0 Å². The molecule has 0 atom stereocenters. The van der Waals surface area contributed by atoms with Crippen molar-refractivity contribution in [3.8, 4) is 0 Å². The van der Waals surface area contributed by atoms with Gasteiger partial charge in [-0.1, -0.05) is 0 Å². The van der Waals surface area contributed by atoms with Gasteiger partial charge in [-0.05, 0) is 25.2 Å². The number of imidazole rings is 1. The molecule has 3 rings (SSSR count). The first-order valence-corrected chi connectivity index (χ1v) is 8.10. The number of nitrogens with two attached hydrogens (primary N) is 1. The van der Waals surface area contributed by atoms with E-state index in [0.717, 1.165) is 26.4 Å². The third-order valence-corrected chi connectivity index (χ3v) is 5.32. The standard InChI is InChI=1S/C11H12N4S3/c1-7-6-17-11(13-7)18-9-8(2-3-12)15-4-5-16-10(15)14-9/h4-6H,2-3,12H2,1H3. The molecule has 0 aliphatic rings. The molecule has 0 aliphatic carbocycles. The van der Waals surface area contributed by atoms with E-state index >= 15 is 0 Å². The third kappa shape index (κ3) is 2.18. The largest absolute Gasteiger partial charge is 0.330 e. The van der Waals surface area contributed by atoms with Gasteiger partial charge in [0, 0.05) is 29.1 Å². The van der Waals surface area contributed by atoms with Crippen molar-refractivity contribution < 1.29 is 0 Å². The van der Waals surface area contributed by atoms with Crippen molar-refractivity contribution in [2.75, 3.05) is 6.54 Å². The Morgan fingerprint density at radius 2 is 2.28 bits per heavy atom. The van der Waals surface area contributed by atoms with Crippen LogP contribution in [0.25, 0.3) is 4.96 Å². The van der Waals surface area contributed by atoms with E-state index in [-0.39, 0.29) is 0 Å². The van der Waals surface area contributed by atoms with Crippen LogP contribution in [0.5, 0.6) is 0 Å². The zero-order valence-corrected chi connectivity index (χ0v) is 12.2. The quantitative estimate of drug-likeness (QED) is 0.804. The first-order valence-electron chi connectivity index (χ1n) is 5.52. The van der Waals surface area contributed by atoms with Crippen LogP contribution in [-0.4, -0.2) is 20.9 Å². The van der Waals surface area contributed by atoms with Crippen molar-refractivity contribution >= 4 is 39.4 Å². The van der Waals surface area contributed by atoms with Crippen molar-refractivity contribution in [1.82, 2.24) is 14.4 Å². The minimum Gasteiger partial charge on any atom is -0.330 e. The number of aromatic nitrogens is 3.